The monoisotopic (exact) mass is 410 g/mol. The molecule has 0 N–H and O–H groups in total. The normalized spacial score (nSPS) is 16.3. The summed E-state index contributed by atoms with van der Waals surface area (Å²) in [5, 5.41) is 0. The number of hydrogen-bond donors (Lipinski definition) is 0. The summed E-state index contributed by atoms with van der Waals surface area (Å²) in [4.78, 5) is 29.6. The highest BCUT2D eigenvalue weighted by atomic mass is 16.5. The van der Waals surface area contributed by atoms with Crippen molar-refractivity contribution in [2.75, 3.05) is 46.1 Å². The van der Waals surface area contributed by atoms with Gasteiger partial charge in [0.1, 0.15) is 18.1 Å². The predicted molar refractivity (Wildman–Crippen MR) is 111 cm³/mol. The van der Waals surface area contributed by atoms with Gasteiger partial charge in [-0.3, -0.25) is 9.59 Å². The van der Waals surface area contributed by atoms with E-state index in [2.05, 4.69) is 0 Å². The molecule has 30 heavy (non-hydrogen) atoms. The standard InChI is InChI=1S/C23H26N2O5/c1-2-29-21-6-4-3-5-19(21)23(27)25-11-14-30-20-8-7-17(15-18(20)16-25)22(26)24-9-12-28-13-10-24/h3-8,15H,2,9-14,16H2,1H3. The topological polar surface area (TPSA) is 68.3 Å². The predicted octanol–water partition coefficient (Wildman–Crippen LogP) is 2.59. The average Bonchev–Trinajstić information content (AvgIpc) is 3.01. The van der Waals surface area contributed by atoms with Crippen LogP contribution in [0, 0.1) is 0 Å². The minimum Gasteiger partial charge on any atom is -0.493 e. The van der Waals surface area contributed by atoms with E-state index in [1.54, 1.807) is 28.0 Å². The summed E-state index contributed by atoms with van der Waals surface area (Å²) >= 11 is 0. The molecule has 2 aromatic carbocycles. The van der Waals surface area contributed by atoms with Gasteiger partial charge in [-0.1, -0.05) is 12.1 Å². The van der Waals surface area contributed by atoms with Crippen LogP contribution in [-0.2, 0) is 11.3 Å². The second-order valence-corrected chi connectivity index (χ2v) is 7.23. The molecule has 0 unspecified atom stereocenters. The number of carbonyl (C=O) groups is 2. The molecule has 2 heterocycles. The van der Waals surface area contributed by atoms with Crippen LogP contribution in [0.1, 0.15) is 33.2 Å². The van der Waals surface area contributed by atoms with E-state index in [1.165, 1.54) is 0 Å². The summed E-state index contributed by atoms with van der Waals surface area (Å²) in [6.45, 7) is 5.90. The Morgan fingerprint density at radius 3 is 2.53 bits per heavy atom. The molecule has 1 fully saturated rings. The maximum absolute atomic E-state index is 13.2. The highest BCUT2D eigenvalue weighted by molar-refractivity contribution is 5.97. The summed E-state index contributed by atoms with van der Waals surface area (Å²) in [5.41, 5.74) is 1.96. The van der Waals surface area contributed by atoms with Gasteiger partial charge < -0.3 is 24.0 Å². The molecule has 2 aliphatic heterocycles. The van der Waals surface area contributed by atoms with Crippen LogP contribution in [0.4, 0.5) is 0 Å². The fourth-order valence-electron chi connectivity index (χ4n) is 3.74. The van der Waals surface area contributed by atoms with Crippen molar-refractivity contribution >= 4 is 11.8 Å². The van der Waals surface area contributed by atoms with E-state index in [4.69, 9.17) is 14.2 Å². The van der Waals surface area contributed by atoms with Gasteiger partial charge in [-0.05, 0) is 37.3 Å². The van der Waals surface area contributed by atoms with Crippen molar-refractivity contribution in [2.24, 2.45) is 0 Å². The van der Waals surface area contributed by atoms with Crippen LogP contribution in [-0.4, -0.2) is 67.7 Å². The largest absolute Gasteiger partial charge is 0.493 e. The molecule has 7 heteroatoms. The number of hydrogen-bond acceptors (Lipinski definition) is 5. The molecular formula is C23H26N2O5. The first-order chi connectivity index (χ1) is 14.7. The van der Waals surface area contributed by atoms with E-state index >= 15 is 0 Å². The zero-order valence-electron chi connectivity index (χ0n) is 17.1. The minimum atomic E-state index is -0.111. The minimum absolute atomic E-state index is 0.0232. The zero-order valence-corrected chi connectivity index (χ0v) is 17.1. The first-order valence-electron chi connectivity index (χ1n) is 10.3. The van der Waals surface area contributed by atoms with Crippen LogP contribution in [0.5, 0.6) is 11.5 Å². The molecule has 0 aromatic heterocycles. The third-order valence-electron chi connectivity index (χ3n) is 5.29. The molecule has 0 aliphatic carbocycles. The first-order valence-corrected chi connectivity index (χ1v) is 10.3. The Labute approximate surface area is 176 Å². The third-order valence-corrected chi connectivity index (χ3v) is 5.29. The van der Waals surface area contributed by atoms with Crippen molar-refractivity contribution in [1.29, 1.82) is 0 Å². The van der Waals surface area contributed by atoms with E-state index in [1.807, 2.05) is 31.2 Å². The molecule has 2 amide bonds. The van der Waals surface area contributed by atoms with Crippen LogP contribution in [0.15, 0.2) is 42.5 Å². The Balaban J connectivity index is 1.56. The number of carbonyl (C=O) groups excluding carboxylic acids is 2. The fourth-order valence-corrected chi connectivity index (χ4v) is 3.74. The van der Waals surface area contributed by atoms with E-state index in [9.17, 15) is 9.59 Å². The molecule has 7 nitrogen and oxygen atoms in total. The lowest BCUT2D eigenvalue weighted by Gasteiger charge is -2.27. The van der Waals surface area contributed by atoms with Crippen molar-refractivity contribution < 1.29 is 23.8 Å². The van der Waals surface area contributed by atoms with Crippen molar-refractivity contribution in [3.63, 3.8) is 0 Å². The lowest BCUT2D eigenvalue weighted by atomic mass is 10.1. The molecule has 2 aromatic rings. The van der Waals surface area contributed by atoms with Crippen molar-refractivity contribution in [3.8, 4) is 11.5 Å². The van der Waals surface area contributed by atoms with Gasteiger partial charge in [-0.15, -0.1) is 0 Å². The number of fused-ring (bicyclic) bond motifs is 1. The Kier molecular flexibility index (Phi) is 6.18. The fraction of sp³-hybridized carbons (Fsp3) is 0.391. The SMILES string of the molecule is CCOc1ccccc1C(=O)N1CCOc2ccc(C(=O)N3CCOCC3)cc2C1. The summed E-state index contributed by atoms with van der Waals surface area (Å²) in [6, 6.07) is 12.7. The van der Waals surface area contributed by atoms with Crippen molar-refractivity contribution in [3.05, 3.63) is 59.2 Å². The maximum atomic E-state index is 13.2. The van der Waals surface area contributed by atoms with Gasteiger partial charge in [0, 0.05) is 30.8 Å². The molecule has 0 spiro atoms. The zero-order chi connectivity index (χ0) is 20.9. The molecule has 1 saturated heterocycles. The lowest BCUT2D eigenvalue weighted by Crippen LogP contribution is -2.40. The summed E-state index contributed by atoms with van der Waals surface area (Å²) in [5.74, 6) is 1.15. The maximum Gasteiger partial charge on any atom is 0.258 e. The van der Waals surface area contributed by atoms with Gasteiger partial charge in [0.15, 0.2) is 0 Å². The van der Waals surface area contributed by atoms with Gasteiger partial charge in [0.05, 0.1) is 31.9 Å². The Bertz CT molecular complexity index is 924. The van der Waals surface area contributed by atoms with Gasteiger partial charge in [-0.2, -0.15) is 0 Å². The molecule has 0 bridgehead atoms. The quantitative estimate of drug-likeness (QED) is 0.775. The number of nitrogens with zero attached hydrogens (tertiary/aromatic N) is 2. The molecule has 158 valence electrons. The number of rotatable bonds is 4. The van der Waals surface area contributed by atoms with E-state index in [-0.39, 0.29) is 11.8 Å². The summed E-state index contributed by atoms with van der Waals surface area (Å²) < 4.78 is 16.8. The lowest BCUT2D eigenvalue weighted by molar-refractivity contribution is 0.0303. The second-order valence-electron chi connectivity index (χ2n) is 7.23. The third kappa shape index (κ3) is 4.26. The van der Waals surface area contributed by atoms with Crippen molar-refractivity contribution in [2.45, 2.75) is 13.5 Å². The van der Waals surface area contributed by atoms with Gasteiger partial charge in [-0.25, -0.2) is 0 Å². The van der Waals surface area contributed by atoms with Gasteiger partial charge >= 0.3 is 0 Å². The van der Waals surface area contributed by atoms with Gasteiger partial charge in [0.2, 0.25) is 0 Å². The summed E-state index contributed by atoms with van der Waals surface area (Å²) in [6.07, 6.45) is 0. The van der Waals surface area contributed by atoms with Crippen LogP contribution in [0.3, 0.4) is 0 Å². The highest BCUT2D eigenvalue weighted by Gasteiger charge is 2.25. The van der Waals surface area contributed by atoms with Crippen LogP contribution in [0.25, 0.3) is 0 Å². The number of para-hydroxylation sites is 1. The summed E-state index contributed by atoms with van der Waals surface area (Å²) in [7, 11) is 0. The van der Waals surface area contributed by atoms with Crippen LogP contribution in [0.2, 0.25) is 0 Å². The van der Waals surface area contributed by atoms with E-state index < -0.39 is 0 Å². The molecule has 0 radical (unpaired) electrons. The first kappa shape index (κ1) is 20.2. The molecular weight excluding hydrogens is 384 g/mol. The highest BCUT2D eigenvalue weighted by Crippen LogP contribution is 2.27. The van der Waals surface area contributed by atoms with Crippen molar-refractivity contribution in [1.82, 2.24) is 9.80 Å². The van der Waals surface area contributed by atoms with Crippen LogP contribution >= 0.6 is 0 Å². The Hall–Kier alpha value is -3.06. The van der Waals surface area contributed by atoms with Crippen LogP contribution < -0.4 is 9.47 Å². The second kappa shape index (κ2) is 9.17. The van der Waals surface area contributed by atoms with E-state index in [0.29, 0.717) is 75.2 Å². The van der Waals surface area contributed by atoms with E-state index in [0.717, 1.165) is 5.56 Å². The Morgan fingerprint density at radius 1 is 0.967 bits per heavy atom. The number of amides is 2. The number of benzene rings is 2. The number of morpholine rings is 1. The molecule has 2 aliphatic rings. The van der Waals surface area contributed by atoms with Gasteiger partial charge in [0.25, 0.3) is 11.8 Å². The number of ether oxygens (including phenoxy) is 3. The Morgan fingerprint density at radius 2 is 1.73 bits per heavy atom. The molecule has 4 rings (SSSR count). The smallest absolute Gasteiger partial charge is 0.258 e. The average molecular weight is 410 g/mol. The molecule has 0 atom stereocenters. The molecule has 0 saturated carbocycles.